The molecule has 1 aromatic rings. The Morgan fingerprint density at radius 1 is 1.39 bits per heavy atom. The molecule has 18 heavy (non-hydrogen) atoms. The number of carbonyl (C=O) groups is 1. The maximum atomic E-state index is 12.5. The van der Waals surface area contributed by atoms with Crippen LogP contribution in [0.3, 0.4) is 0 Å². The average Bonchev–Trinajstić information content (AvgIpc) is 2.27. The van der Waals surface area contributed by atoms with Gasteiger partial charge < -0.3 is 5.73 Å². The Morgan fingerprint density at radius 3 is 2.61 bits per heavy atom. The molecule has 0 saturated carbocycles. The molecule has 0 heterocycles. The van der Waals surface area contributed by atoms with Crippen molar-refractivity contribution in [2.45, 2.75) is 38.4 Å². The summed E-state index contributed by atoms with van der Waals surface area (Å²) in [5.41, 5.74) is 4.85. The van der Waals surface area contributed by atoms with Crippen LogP contribution in [0.2, 0.25) is 0 Å². The van der Waals surface area contributed by atoms with Crippen molar-refractivity contribution in [2.75, 3.05) is 0 Å². The summed E-state index contributed by atoms with van der Waals surface area (Å²) < 4.78 is 37.4. The highest BCUT2D eigenvalue weighted by molar-refractivity contribution is 5.96. The molecule has 5 heteroatoms. The van der Waals surface area contributed by atoms with Crippen molar-refractivity contribution in [1.29, 1.82) is 0 Å². The molecule has 0 aromatic heterocycles. The number of halogens is 3. The molecule has 0 saturated heterocycles. The molecule has 0 aliphatic heterocycles. The zero-order valence-electron chi connectivity index (χ0n) is 10.1. The Labute approximate surface area is 104 Å². The van der Waals surface area contributed by atoms with E-state index in [4.69, 9.17) is 5.73 Å². The quantitative estimate of drug-likeness (QED) is 0.823. The van der Waals surface area contributed by atoms with Crippen LogP contribution in [0, 0.1) is 0 Å². The molecular weight excluding hydrogens is 243 g/mol. The lowest BCUT2D eigenvalue weighted by molar-refractivity contribution is -0.137. The summed E-state index contributed by atoms with van der Waals surface area (Å²) in [6, 6.07) is 4.51. The number of alkyl halides is 3. The predicted molar refractivity (Wildman–Crippen MR) is 63.3 cm³/mol. The molecule has 0 amide bonds. The van der Waals surface area contributed by atoms with Crippen LogP contribution in [0.25, 0.3) is 0 Å². The normalized spacial score (nSPS) is 13.4. The molecular formula is C13H16F3NO. The van der Waals surface area contributed by atoms with Crippen molar-refractivity contribution < 1.29 is 18.0 Å². The maximum absolute atomic E-state index is 12.5. The lowest BCUT2D eigenvalue weighted by Gasteiger charge is -2.08. The van der Waals surface area contributed by atoms with Gasteiger partial charge >= 0.3 is 6.18 Å². The largest absolute Gasteiger partial charge is 0.416 e. The second-order valence-electron chi connectivity index (χ2n) is 4.37. The Balaban J connectivity index is 2.69. The molecule has 2 N–H and O–H groups in total. The van der Waals surface area contributed by atoms with E-state index in [-0.39, 0.29) is 23.8 Å². The summed E-state index contributed by atoms with van der Waals surface area (Å²) in [7, 11) is 0. The summed E-state index contributed by atoms with van der Waals surface area (Å²) >= 11 is 0. The molecule has 100 valence electrons. The summed E-state index contributed by atoms with van der Waals surface area (Å²) in [4.78, 5) is 11.7. The lowest BCUT2D eigenvalue weighted by atomic mass is 10.0. The van der Waals surface area contributed by atoms with E-state index in [1.165, 1.54) is 12.1 Å². The van der Waals surface area contributed by atoms with Gasteiger partial charge in [0, 0.05) is 18.0 Å². The molecule has 0 bridgehead atoms. The van der Waals surface area contributed by atoms with Crippen molar-refractivity contribution in [1.82, 2.24) is 0 Å². The zero-order valence-corrected chi connectivity index (χ0v) is 10.1. The SMILES string of the molecule is CC(N)CCCC(=O)c1cccc(C(F)(F)F)c1. The molecule has 0 aliphatic rings. The average molecular weight is 259 g/mol. The third-order valence-electron chi connectivity index (χ3n) is 2.58. The third kappa shape index (κ3) is 4.49. The van der Waals surface area contributed by atoms with Crippen LogP contribution < -0.4 is 5.73 Å². The molecule has 0 aliphatic carbocycles. The number of ketones is 1. The molecule has 1 aromatic carbocycles. The van der Waals surface area contributed by atoms with Gasteiger partial charge in [-0.05, 0) is 31.9 Å². The fourth-order valence-corrected chi connectivity index (χ4v) is 1.60. The van der Waals surface area contributed by atoms with Gasteiger partial charge in [-0.25, -0.2) is 0 Å². The van der Waals surface area contributed by atoms with E-state index in [1.807, 2.05) is 6.92 Å². The van der Waals surface area contributed by atoms with Crippen LogP contribution in [-0.4, -0.2) is 11.8 Å². The second-order valence-corrected chi connectivity index (χ2v) is 4.37. The molecule has 2 nitrogen and oxygen atoms in total. The smallest absolute Gasteiger partial charge is 0.328 e. The fourth-order valence-electron chi connectivity index (χ4n) is 1.60. The molecule has 1 atom stereocenters. The van der Waals surface area contributed by atoms with E-state index < -0.39 is 11.7 Å². The fraction of sp³-hybridized carbons (Fsp3) is 0.462. The Bertz CT molecular complexity index is 413. The molecule has 1 unspecified atom stereocenters. The second kappa shape index (κ2) is 6.00. The molecule has 0 spiro atoms. The Morgan fingerprint density at radius 2 is 2.06 bits per heavy atom. The highest BCUT2D eigenvalue weighted by Crippen LogP contribution is 2.29. The van der Waals surface area contributed by atoms with E-state index in [0.717, 1.165) is 12.1 Å². The van der Waals surface area contributed by atoms with Gasteiger partial charge in [-0.15, -0.1) is 0 Å². The van der Waals surface area contributed by atoms with Gasteiger partial charge in [0.2, 0.25) is 0 Å². The minimum absolute atomic E-state index is 0.000639. The number of benzene rings is 1. The van der Waals surface area contributed by atoms with Gasteiger partial charge in [0.1, 0.15) is 0 Å². The molecule has 0 radical (unpaired) electrons. The first-order chi connectivity index (χ1) is 8.30. The maximum Gasteiger partial charge on any atom is 0.416 e. The Kier molecular flexibility index (Phi) is 4.90. The van der Waals surface area contributed by atoms with E-state index >= 15 is 0 Å². The first-order valence-corrected chi connectivity index (χ1v) is 5.76. The summed E-state index contributed by atoms with van der Waals surface area (Å²) in [6.45, 7) is 1.83. The van der Waals surface area contributed by atoms with Gasteiger partial charge in [-0.3, -0.25) is 4.79 Å². The van der Waals surface area contributed by atoms with Crippen LogP contribution in [-0.2, 0) is 6.18 Å². The van der Waals surface area contributed by atoms with Crippen molar-refractivity contribution in [3.05, 3.63) is 35.4 Å². The highest BCUT2D eigenvalue weighted by Gasteiger charge is 2.30. The van der Waals surface area contributed by atoms with Gasteiger partial charge in [0.25, 0.3) is 0 Å². The van der Waals surface area contributed by atoms with Crippen LogP contribution in [0.1, 0.15) is 42.1 Å². The number of carbonyl (C=O) groups excluding carboxylic acids is 1. The van der Waals surface area contributed by atoms with Crippen molar-refractivity contribution in [3.63, 3.8) is 0 Å². The van der Waals surface area contributed by atoms with E-state index in [0.29, 0.717) is 12.8 Å². The molecule has 1 rings (SSSR count). The number of hydrogen-bond acceptors (Lipinski definition) is 2. The van der Waals surface area contributed by atoms with Crippen molar-refractivity contribution >= 4 is 5.78 Å². The number of hydrogen-bond donors (Lipinski definition) is 1. The summed E-state index contributed by atoms with van der Waals surface area (Å²) in [6.07, 6.45) is -2.91. The first-order valence-electron chi connectivity index (χ1n) is 5.76. The standard InChI is InChI=1S/C13H16F3NO/c1-9(17)4-2-7-12(18)10-5-3-6-11(8-10)13(14,15)16/h3,5-6,8-9H,2,4,7,17H2,1H3. The highest BCUT2D eigenvalue weighted by atomic mass is 19.4. The van der Waals surface area contributed by atoms with Gasteiger partial charge in [0.05, 0.1) is 5.56 Å². The van der Waals surface area contributed by atoms with Gasteiger partial charge in [-0.2, -0.15) is 13.2 Å². The summed E-state index contributed by atoms with van der Waals surface area (Å²) in [5.74, 6) is -0.276. The van der Waals surface area contributed by atoms with E-state index in [1.54, 1.807) is 0 Å². The van der Waals surface area contributed by atoms with Crippen molar-refractivity contribution in [2.24, 2.45) is 5.73 Å². The van der Waals surface area contributed by atoms with E-state index in [9.17, 15) is 18.0 Å². The van der Waals surface area contributed by atoms with Crippen LogP contribution in [0.4, 0.5) is 13.2 Å². The first kappa shape index (κ1) is 14.7. The van der Waals surface area contributed by atoms with Crippen LogP contribution in [0.15, 0.2) is 24.3 Å². The van der Waals surface area contributed by atoms with Crippen molar-refractivity contribution in [3.8, 4) is 0 Å². The third-order valence-corrected chi connectivity index (χ3v) is 2.58. The van der Waals surface area contributed by atoms with Crippen LogP contribution in [0.5, 0.6) is 0 Å². The van der Waals surface area contributed by atoms with E-state index in [2.05, 4.69) is 0 Å². The Hall–Kier alpha value is -1.36. The zero-order chi connectivity index (χ0) is 13.8. The minimum Gasteiger partial charge on any atom is -0.328 e. The van der Waals surface area contributed by atoms with Gasteiger partial charge in [0.15, 0.2) is 5.78 Å². The lowest BCUT2D eigenvalue weighted by Crippen LogP contribution is -2.15. The summed E-state index contributed by atoms with van der Waals surface area (Å²) in [5, 5.41) is 0. The van der Waals surface area contributed by atoms with Gasteiger partial charge in [-0.1, -0.05) is 12.1 Å². The molecule has 0 fully saturated rings. The number of Topliss-reactive ketones (excluding diaryl/α,β-unsaturated/α-hetero) is 1. The minimum atomic E-state index is -4.41. The monoisotopic (exact) mass is 259 g/mol. The number of rotatable bonds is 5. The number of nitrogens with two attached hydrogens (primary N) is 1. The predicted octanol–water partition coefficient (Wildman–Crippen LogP) is 3.41. The topological polar surface area (TPSA) is 43.1 Å². The van der Waals surface area contributed by atoms with Crippen LogP contribution >= 0.6 is 0 Å².